The van der Waals surface area contributed by atoms with Crippen LogP contribution in [0.2, 0.25) is 0 Å². The van der Waals surface area contributed by atoms with Crippen LogP contribution >= 0.6 is 69.6 Å². The lowest BCUT2D eigenvalue weighted by Crippen LogP contribution is -2.68. The summed E-state index contributed by atoms with van der Waals surface area (Å²) in [7, 11) is 0. The Morgan fingerprint density at radius 2 is 1.38 bits per heavy atom. The number of carbonyl (C=O) groups is 5. The second-order valence-corrected chi connectivity index (χ2v) is 12.1. The minimum atomic E-state index is -2.52. The molecule has 210 valence electrons. The number of esters is 3. The molecule has 1 fully saturated rings. The summed E-state index contributed by atoms with van der Waals surface area (Å²) in [4.78, 5) is 59.4. The monoisotopic (exact) mass is 648 g/mol. The smallest absolute Gasteiger partial charge is 0.306 e. The van der Waals surface area contributed by atoms with E-state index in [2.05, 4.69) is 5.32 Å². The van der Waals surface area contributed by atoms with Crippen LogP contribution in [0.25, 0.3) is 0 Å². The molecular formula is C19H22Cl6N2O10. The Hall–Kier alpha value is -1.28. The summed E-state index contributed by atoms with van der Waals surface area (Å²) in [5.41, 5.74) is 0. The lowest BCUT2D eigenvalue weighted by atomic mass is 9.96. The summed E-state index contributed by atoms with van der Waals surface area (Å²) in [5.74, 6) is -5.08. The molecule has 5 atom stereocenters. The van der Waals surface area contributed by atoms with Gasteiger partial charge in [-0.05, 0) is 6.92 Å². The van der Waals surface area contributed by atoms with Gasteiger partial charge in [0, 0.05) is 20.3 Å². The van der Waals surface area contributed by atoms with E-state index in [9.17, 15) is 24.0 Å². The van der Waals surface area contributed by atoms with Crippen molar-refractivity contribution < 1.29 is 47.7 Å². The van der Waals surface area contributed by atoms with E-state index < -0.39 is 74.5 Å². The molecule has 0 saturated carbocycles. The maximum atomic E-state index is 12.4. The van der Waals surface area contributed by atoms with Gasteiger partial charge in [0.15, 0.2) is 12.2 Å². The van der Waals surface area contributed by atoms with Gasteiger partial charge in [0.1, 0.15) is 24.5 Å². The molecule has 1 heterocycles. The van der Waals surface area contributed by atoms with Crippen molar-refractivity contribution in [3.05, 3.63) is 0 Å². The Morgan fingerprint density at radius 3 is 1.84 bits per heavy atom. The number of hydrogen-bond donors (Lipinski definition) is 2. The molecule has 18 heteroatoms. The van der Waals surface area contributed by atoms with E-state index >= 15 is 0 Å². The largest absolute Gasteiger partial charge is 0.463 e. The molecule has 0 bridgehead atoms. The number of nitrogens with one attached hydrogen (secondary N) is 2. The van der Waals surface area contributed by atoms with E-state index in [0.717, 1.165) is 13.8 Å². The van der Waals surface area contributed by atoms with Gasteiger partial charge in [-0.2, -0.15) is 0 Å². The Balaban J connectivity index is 3.44. The molecule has 0 aliphatic carbocycles. The van der Waals surface area contributed by atoms with Crippen LogP contribution in [0.15, 0.2) is 0 Å². The van der Waals surface area contributed by atoms with Crippen molar-refractivity contribution in [3.63, 3.8) is 0 Å². The van der Waals surface area contributed by atoms with Crippen LogP contribution in [0.5, 0.6) is 0 Å². The fourth-order valence-corrected chi connectivity index (χ4v) is 3.20. The Labute approximate surface area is 241 Å². The van der Waals surface area contributed by atoms with Crippen LogP contribution in [0.1, 0.15) is 33.6 Å². The molecule has 0 spiro atoms. The molecule has 1 aliphatic rings. The van der Waals surface area contributed by atoms with Gasteiger partial charge in [0.05, 0.1) is 6.42 Å². The summed E-state index contributed by atoms with van der Waals surface area (Å²) in [6.07, 6.45) is -6.69. The first-order valence-corrected chi connectivity index (χ1v) is 12.4. The molecule has 0 aromatic carbocycles. The van der Waals surface area contributed by atoms with Crippen LogP contribution in [0, 0.1) is 5.41 Å². The van der Waals surface area contributed by atoms with Crippen LogP contribution in [-0.4, -0.2) is 80.3 Å². The molecule has 0 aromatic heterocycles. The van der Waals surface area contributed by atoms with Crippen LogP contribution in [-0.2, 0) is 47.7 Å². The fourth-order valence-electron chi connectivity index (χ4n) is 2.90. The highest BCUT2D eigenvalue weighted by Gasteiger charge is 2.54. The fraction of sp³-hybridized carbons (Fsp3) is 0.684. The van der Waals surface area contributed by atoms with Crippen molar-refractivity contribution in [2.45, 2.75) is 71.8 Å². The maximum Gasteiger partial charge on any atom is 0.306 e. The number of amides is 1. The van der Waals surface area contributed by atoms with Crippen molar-refractivity contribution in [2.24, 2.45) is 0 Å². The van der Waals surface area contributed by atoms with Gasteiger partial charge >= 0.3 is 17.9 Å². The predicted molar refractivity (Wildman–Crippen MR) is 132 cm³/mol. The molecule has 0 radical (unpaired) electrons. The maximum absolute atomic E-state index is 12.4. The first-order chi connectivity index (χ1) is 16.8. The number of halogens is 6. The molecule has 0 unspecified atom stereocenters. The third-order valence-electron chi connectivity index (χ3n) is 4.39. The van der Waals surface area contributed by atoms with Gasteiger partial charge < -0.3 is 33.8 Å². The third kappa shape index (κ3) is 11.6. The predicted octanol–water partition coefficient (Wildman–Crippen LogP) is 2.71. The summed E-state index contributed by atoms with van der Waals surface area (Å²) < 4.78 is 21.6. The number of Topliss-reactive ketones (excluding diaryl/α,β-unsaturated/α-hetero) is 1. The standard InChI is InChI=1S/C19H22Cl6N2O10/c1-7(28)4-5-11(31)33-6-10-13(34-8(2)29)14(35-9(3)30)12(27-17(32)19(23,24)25)15(36-10)37-16(26)18(20,21)22/h10,12-15,26H,4-6H2,1-3H3,(H,27,32)/t10-,12-,13-,14-,15+/m1/s1. The number of rotatable bonds is 9. The summed E-state index contributed by atoms with van der Waals surface area (Å²) in [6.45, 7) is 2.70. The average molecular weight is 651 g/mol. The van der Waals surface area contributed by atoms with E-state index in [1.807, 2.05) is 0 Å². The van der Waals surface area contributed by atoms with E-state index in [-0.39, 0.29) is 18.6 Å². The van der Waals surface area contributed by atoms with Gasteiger partial charge in [-0.25, -0.2) is 0 Å². The summed E-state index contributed by atoms with van der Waals surface area (Å²) in [5, 5.41) is 10.1. The van der Waals surface area contributed by atoms with E-state index in [1.54, 1.807) is 0 Å². The van der Waals surface area contributed by atoms with Crippen LogP contribution < -0.4 is 5.32 Å². The molecule has 1 amide bonds. The normalized spacial score (nSPS) is 23.9. The molecule has 37 heavy (non-hydrogen) atoms. The number of ether oxygens (including phenoxy) is 5. The lowest BCUT2D eigenvalue weighted by molar-refractivity contribution is -0.260. The molecule has 0 aromatic rings. The highest BCUT2D eigenvalue weighted by molar-refractivity contribution is 6.76. The quantitative estimate of drug-likeness (QED) is 0.124. The molecule has 2 N–H and O–H groups in total. The first-order valence-electron chi connectivity index (χ1n) is 10.2. The van der Waals surface area contributed by atoms with E-state index in [4.69, 9.17) is 98.7 Å². The summed E-state index contributed by atoms with van der Waals surface area (Å²) in [6, 6.07) is -1.62. The van der Waals surface area contributed by atoms with Crippen molar-refractivity contribution in [3.8, 4) is 0 Å². The zero-order valence-electron chi connectivity index (χ0n) is 19.4. The molecule has 1 saturated heterocycles. The van der Waals surface area contributed by atoms with Crippen molar-refractivity contribution >= 4 is 105 Å². The molecular weight excluding hydrogens is 629 g/mol. The van der Waals surface area contributed by atoms with Crippen molar-refractivity contribution in [2.75, 3.05) is 6.61 Å². The Bertz CT molecular complexity index is 907. The zero-order valence-corrected chi connectivity index (χ0v) is 23.9. The van der Waals surface area contributed by atoms with Gasteiger partial charge in [-0.3, -0.25) is 24.6 Å². The molecule has 12 nitrogen and oxygen atoms in total. The second-order valence-electron chi connectivity index (χ2n) is 7.52. The Morgan fingerprint density at radius 1 is 0.838 bits per heavy atom. The number of hydrogen-bond acceptors (Lipinski definition) is 11. The number of ketones is 1. The highest BCUT2D eigenvalue weighted by atomic mass is 35.6. The van der Waals surface area contributed by atoms with Gasteiger partial charge in [-0.1, -0.05) is 69.6 Å². The second kappa shape index (κ2) is 14.2. The minimum absolute atomic E-state index is 0.0922. The number of alkyl halides is 6. The van der Waals surface area contributed by atoms with Crippen molar-refractivity contribution in [1.82, 2.24) is 5.32 Å². The first kappa shape index (κ1) is 33.7. The highest BCUT2D eigenvalue weighted by Crippen LogP contribution is 2.34. The van der Waals surface area contributed by atoms with Gasteiger partial charge in [0.2, 0.25) is 12.2 Å². The zero-order chi connectivity index (χ0) is 28.7. The third-order valence-corrected chi connectivity index (χ3v) is 5.42. The lowest BCUT2D eigenvalue weighted by Gasteiger charge is -2.45. The topological polar surface area (TPSA) is 167 Å². The van der Waals surface area contributed by atoms with Crippen molar-refractivity contribution in [1.29, 1.82) is 5.41 Å². The van der Waals surface area contributed by atoms with Gasteiger partial charge in [0.25, 0.3) is 13.5 Å². The van der Waals surface area contributed by atoms with E-state index in [0.29, 0.717) is 0 Å². The van der Waals surface area contributed by atoms with Crippen LogP contribution in [0.4, 0.5) is 0 Å². The van der Waals surface area contributed by atoms with Gasteiger partial charge in [-0.15, -0.1) is 0 Å². The summed E-state index contributed by atoms with van der Waals surface area (Å²) >= 11 is 33.9. The van der Waals surface area contributed by atoms with Crippen LogP contribution in [0.3, 0.4) is 0 Å². The van der Waals surface area contributed by atoms with E-state index in [1.165, 1.54) is 6.92 Å². The number of carbonyl (C=O) groups excluding carboxylic acids is 5. The molecule has 1 rings (SSSR count). The molecule has 1 aliphatic heterocycles. The SMILES string of the molecule is CC(=O)CCC(=O)OC[C@H]1O[C@@H](OC(=N)C(Cl)(Cl)Cl)[C@H](NC(=O)C(Cl)(Cl)Cl)[C@@H](OC(C)=O)[C@@H]1OC(C)=O. The average Bonchev–Trinajstić information content (AvgIpc) is 2.72. The Kier molecular flexibility index (Phi) is 13.0. The minimum Gasteiger partial charge on any atom is -0.463 e.